The summed E-state index contributed by atoms with van der Waals surface area (Å²) >= 11 is 0. The lowest BCUT2D eigenvalue weighted by Gasteiger charge is -2.29. The molecule has 1 N–H and O–H groups in total. The largest absolute Gasteiger partial charge is 0.573 e. The van der Waals surface area contributed by atoms with Gasteiger partial charge in [-0.15, -0.1) is 13.2 Å². The summed E-state index contributed by atoms with van der Waals surface area (Å²) in [6, 6.07) is 6.64. The van der Waals surface area contributed by atoms with Crippen LogP contribution in [0.25, 0.3) is 0 Å². The fourth-order valence-electron chi connectivity index (χ4n) is 2.96. The molecule has 1 aromatic rings. The van der Waals surface area contributed by atoms with Gasteiger partial charge < -0.3 is 10.1 Å². The first-order valence-corrected chi connectivity index (χ1v) is 7.54. The second kappa shape index (κ2) is 7.16. The Labute approximate surface area is 123 Å². The van der Waals surface area contributed by atoms with Crippen LogP contribution in [0.2, 0.25) is 0 Å². The van der Waals surface area contributed by atoms with Gasteiger partial charge in [0.1, 0.15) is 5.75 Å². The third-order valence-electron chi connectivity index (χ3n) is 4.09. The highest BCUT2D eigenvalue weighted by atomic mass is 19.4. The van der Waals surface area contributed by atoms with E-state index in [1.165, 1.54) is 31.4 Å². The molecule has 21 heavy (non-hydrogen) atoms. The second-order valence-corrected chi connectivity index (χ2v) is 5.71. The van der Waals surface area contributed by atoms with Crippen LogP contribution in [0.4, 0.5) is 13.2 Å². The normalized spacial score (nSPS) is 23.0. The lowest BCUT2D eigenvalue weighted by Crippen LogP contribution is -2.33. The maximum absolute atomic E-state index is 12.2. The zero-order chi connectivity index (χ0) is 15.3. The fourth-order valence-corrected chi connectivity index (χ4v) is 2.96. The van der Waals surface area contributed by atoms with E-state index in [1.54, 1.807) is 6.07 Å². The van der Waals surface area contributed by atoms with E-state index in [2.05, 4.69) is 17.0 Å². The van der Waals surface area contributed by atoms with Gasteiger partial charge in [0.05, 0.1) is 0 Å². The van der Waals surface area contributed by atoms with Gasteiger partial charge in [0, 0.05) is 12.6 Å². The molecule has 1 aromatic carbocycles. The van der Waals surface area contributed by atoms with E-state index in [0.717, 1.165) is 24.3 Å². The van der Waals surface area contributed by atoms with Crippen molar-refractivity contribution in [1.82, 2.24) is 5.32 Å². The first kappa shape index (κ1) is 16.1. The van der Waals surface area contributed by atoms with Crippen molar-refractivity contribution < 1.29 is 17.9 Å². The van der Waals surface area contributed by atoms with Gasteiger partial charge in [0.2, 0.25) is 0 Å². The zero-order valence-corrected chi connectivity index (χ0v) is 12.2. The smallest absolute Gasteiger partial charge is 0.406 e. The number of rotatable bonds is 5. The summed E-state index contributed by atoms with van der Waals surface area (Å²) in [4.78, 5) is 0. The summed E-state index contributed by atoms with van der Waals surface area (Å²) in [6.07, 6.45) is 1.40. The van der Waals surface area contributed by atoms with Crippen LogP contribution in [0.1, 0.15) is 44.6 Å². The number of hydrogen-bond acceptors (Lipinski definition) is 2. The van der Waals surface area contributed by atoms with E-state index in [4.69, 9.17) is 0 Å². The zero-order valence-electron chi connectivity index (χ0n) is 12.2. The Kier molecular flexibility index (Phi) is 5.51. The lowest BCUT2D eigenvalue weighted by molar-refractivity contribution is -0.274. The summed E-state index contributed by atoms with van der Waals surface area (Å²) in [5, 5.41) is 3.46. The summed E-state index contributed by atoms with van der Waals surface area (Å²) in [5.74, 6) is 0.619. The highest BCUT2D eigenvalue weighted by Crippen LogP contribution is 2.27. The lowest BCUT2D eigenvalue weighted by atomic mass is 9.84. The van der Waals surface area contributed by atoms with Crippen LogP contribution >= 0.6 is 0 Å². The van der Waals surface area contributed by atoms with Crippen molar-refractivity contribution in [3.8, 4) is 5.75 Å². The number of halogens is 3. The molecule has 5 heteroatoms. The minimum Gasteiger partial charge on any atom is -0.406 e. The van der Waals surface area contributed by atoms with E-state index >= 15 is 0 Å². The molecular weight excluding hydrogens is 279 g/mol. The Balaban J connectivity index is 1.87. The molecule has 0 spiro atoms. The molecule has 1 fully saturated rings. The Hall–Kier alpha value is -1.23. The van der Waals surface area contributed by atoms with Gasteiger partial charge in [0.25, 0.3) is 0 Å². The highest BCUT2D eigenvalue weighted by molar-refractivity contribution is 5.28. The predicted octanol–water partition coefficient (Wildman–Crippen LogP) is 4.64. The fraction of sp³-hybridized carbons (Fsp3) is 0.625. The summed E-state index contributed by atoms with van der Waals surface area (Å²) < 4.78 is 40.5. The van der Waals surface area contributed by atoms with E-state index in [1.807, 2.05) is 6.07 Å². The van der Waals surface area contributed by atoms with E-state index in [0.29, 0.717) is 12.6 Å². The number of hydrogen-bond donors (Lipinski definition) is 1. The number of benzene rings is 1. The molecule has 1 saturated carbocycles. The van der Waals surface area contributed by atoms with E-state index in [9.17, 15) is 13.2 Å². The van der Waals surface area contributed by atoms with Crippen molar-refractivity contribution >= 4 is 0 Å². The topological polar surface area (TPSA) is 21.3 Å². The molecule has 0 saturated heterocycles. The third kappa shape index (κ3) is 5.58. The molecule has 0 bridgehead atoms. The molecule has 1 aliphatic rings. The maximum Gasteiger partial charge on any atom is 0.573 e. The molecule has 1 aliphatic carbocycles. The molecule has 0 heterocycles. The van der Waals surface area contributed by atoms with Gasteiger partial charge in [-0.1, -0.05) is 38.3 Å². The van der Waals surface area contributed by atoms with Crippen molar-refractivity contribution in [2.45, 2.75) is 58.0 Å². The molecule has 2 rings (SSSR count). The average Bonchev–Trinajstić information content (AvgIpc) is 2.44. The van der Waals surface area contributed by atoms with Crippen LogP contribution in [0.3, 0.4) is 0 Å². The Morgan fingerprint density at radius 3 is 2.81 bits per heavy atom. The second-order valence-electron chi connectivity index (χ2n) is 5.71. The van der Waals surface area contributed by atoms with Gasteiger partial charge in [-0.25, -0.2) is 0 Å². The molecule has 0 aromatic heterocycles. The molecule has 118 valence electrons. The highest BCUT2D eigenvalue weighted by Gasteiger charge is 2.31. The van der Waals surface area contributed by atoms with Crippen molar-refractivity contribution in [3.63, 3.8) is 0 Å². The number of alkyl halides is 3. The van der Waals surface area contributed by atoms with Gasteiger partial charge in [-0.3, -0.25) is 0 Å². The summed E-state index contributed by atoms with van der Waals surface area (Å²) in [7, 11) is 0. The van der Waals surface area contributed by atoms with Crippen LogP contribution < -0.4 is 10.1 Å². The Bertz CT molecular complexity index is 447. The first-order chi connectivity index (χ1) is 9.96. The maximum atomic E-state index is 12.2. The van der Waals surface area contributed by atoms with Gasteiger partial charge in [-0.2, -0.15) is 0 Å². The molecular formula is C16H22F3NO. The summed E-state index contributed by atoms with van der Waals surface area (Å²) in [5.41, 5.74) is 0.815. The average molecular weight is 301 g/mol. The van der Waals surface area contributed by atoms with Crippen molar-refractivity contribution in [2.24, 2.45) is 5.92 Å². The van der Waals surface area contributed by atoms with Gasteiger partial charge >= 0.3 is 6.36 Å². The van der Waals surface area contributed by atoms with E-state index in [-0.39, 0.29) is 5.75 Å². The van der Waals surface area contributed by atoms with Crippen molar-refractivity contribution in [3.05, 3.63) is 29.8 Å². The van der Waals surface area contributed by atoms with Gasteiger partial charge in [-0.05, 0) is 36.5 Å². The van der Waals surface area contributed by atoms with Crippen LogP contribution in [0.5, 0.6) is 5.75 Å². The molecule has 0 amide bonds. The Morgan fingerprint density at radius 1 is 1.29 bits per heavy atom. The minimum absolute atomic E-state index is 0.156. The molecule has 2 nitrogen and oxygen atoms in total. The van der Waals surface area contributed by atoms with E-state index < -0.39 is 6.36 Å². The Morgan fingerprint density at radius 2 is 2.10 bits per heavy atom. The van der Waals surface area contributed by atoms with Crippen molar-refractivity contribution in [1.29, 1.82) is 0 Å². The molecule has 0 aliphatic heterocycles. The molecule has 2 unspecified atom stereocenters. The van der Waals surface area contributed by atoms with Crippen molar-refractivity contribution in [2.75, 3.05) is 0 Å². The predicted molar refractivity (Wildman–Crippen MR) is 76.0 cm³/mol. The standard InChI is InChI=1S/C16H22F3NO/c1-2-12-5-3-7-14(9-12)20-11-13-6-4-8-15(10-13)21-16(17,18)19/h4,6,8,10,12,14,20H,2-3,5,7,9,11H2,1H3. The monoisotopic (exact) mass is 301 g/mol. The first-order valence-electron chi connectivity index (χ1n) is 7.54. The quantitative estimate of drug-likeness (QED) is 0.855. The molecule has 0 radical (unpaired) electrons. The minimum atomic E-state index is -4.64. The number of nitrogens with one attached hydrogen (secondary N) is 1. The number of ether oxygens (including phenoxy) is 1. The summed E-state index contributed by atoms with van der Waals surface area (Å²) in [6.45, 7) is 2.79. The van der Waals surface area contributed by atoms with Crippen LogP contribution in [0, 0.1) is 5.92 Å². The SMILES string of the molecule is CCC1CCCC(NCc2cccc(OC(F)(F)F)c2)C1. The molecule has 2 atom stereocenters. The van der Waals surface area contributed by atoms with Gasteiger partial charge in [0.15, 0.2) is 0 Å². The van der Waals surface area contributed by atoms with Crippen LogP contribution in [-0.2, 0) is 6.54 Å². The van der Waals surface area contributed by atoms with Crippen LogP contribution in [0.15, 0.2) is 24.3 Å². The van der Waals surface area contributed by atoms with Crippen LogP contribution in [-0.4, -0.2) is 12.4 Å². The third-order valence-corrected chi connectivity index (χ3v) is 4.09.